The quantitative estimate of drug-likeness (QED) is 0.808. The van der Waals surface area contributed by atoms with Crippen molar-refractivity contribution in [3.8, 4) is 0 Å². The second-order valence-corrected chi connectivity index (χ2v) is 5.92. The number of benzene rings is 2. The number of carboxylic acid groups (broad SMARTS) is 1. The fourth-order valence-corrected chi connectivity index (χ4v) is 2.59. The highest BCUT2D eigenvalue weighted by Gasteiger charge is 2.22. The van der Waals surface area contributed by atoms with E-state index in [0.29, 0.717) is 0 Å². The van der Waals surface area contributed by atoms with E-state index >= 15 is 0 Å². The molecule has 2 rings (SSSR count). The fourth-order valence-electron chi connectivity index (χ4n) is 2.59. The Balaban J connectivity index is 2.00. The van der Waals surface area contributed by atoms with Gasteiger partial charge in [-0.05, 0) is 23.1 Å². The van der Waals surface area contributed by atoms with Gasteiger partial charge in [-0.3, -0.25) is 4.79 Å². The van der Waals surface area contributed by atoms with E-state index in [-0.39, 0.29) is 18.4 Å². The Morgan fingerprint density at radius 3 is 2.40 bits per heavy atom. The highest BCUT2D eigenvalue weighted by atomic mass is 19.1. The molecule has 1 amide bonds. The molecule has 0 spiro atoms. The Labute approximate surface area is 144 Å². The van der Waals surface area contributed by atoms with Crippen LogP contribution in [0.25, 0.3) is 0 Å². The van der Waals surface area contributed by atoms with Gasteiger partial charge in [0, 0.05) is 18.9 Å². The standard InChI is InChI=1S/C19H19F2NO3/c1-12(15-8-7-14(20)11-16(15)21)9-18(23)22-17(19(24)25)10-13-5-3-2-4-6-13/h2-8,11-12,17H,9-10H2,1H3,(H,22,23)(H,24,25)/t12?,17-/m0/s1. The second kappa shape index (κ2) is 8.37. The molecule has 0 aromatic heterocycles. The molecule has 0 fully saturated rings. The third-order valence-corrected chi connectivity index (χ3v) is 3.90. The Hall–Kier alpha value is -2.76. The SMILES string of the molecule is CC(CC(=O)N[C@@H](Cc1ccccc1)C(=O)O)c1ccc(F)cc1F. The molecule has 0 heterocycles. The molecule has 0 radical (unpaired) electrons. The summed E-state index contributed by atoms with van der Waals surface area (Å²) in [4.78, 5) is 23.5. The second-order valence-electron chi connectivity index (χ2n) is 5.92. The summed E-state index contributed by atoms with van der Waals surface area (Å²) in [5.41, 5.74) is 0.999. The topological polar surface area (TPSA) is 66.4 Å². The lowest BCUT2D eigenvalue weighted by molar-refractivity contribution is -0.141. The van der Waals surface area contributed by atoms with Crippen molar-refractivity contribution in [2.75, 3.05) is 0 Å². The zero-order chi connectivity index (χ0) is 18.4. The van der Waals surface area contributed by atoms with Crippen molar-refractivity contribution in [2.45, 2.75) is 31.7 Å². The summed E-state index contributed by atoms with van der Waals surface area (Å²) in [5, 5.41) is 11.8. The Morgan fingerprint density at radius 1 is 1.12 bits per heavy atom. The Kier molecular flexibility index (Phi) is 6.22. The number of rotatable bonds is 7. The number of halogens is 2. The van der Waals surface area contributed by atoms with Gasteiger partial charge in [0.2, 0.25) is 5.91 Å². The summed E-state index contributed by atoms with van der Waals surface area (Å²) >= 11 is 0. The molecule has 2 atom stereocenters. The number of carboxylic acids is 1. The van der Waals surface area contributed by atoms with Crippen LogP contribution >= 0.6 is 0 Å². The average Bonchev–Trinajstić information content (AvgIpc) is 2.54. The summed E-state index contributed by atoms with van der Waals surface area (Å²) in [6.07, 6.45) is 0.0579. The van der Waals surface area contributed by atoms with Crippen LogP contribution in [-0.4, -0.2) is 23.0 Å². The van der Waals surface area contributed by atoms with E-state index in [1.807, 2.05) is 6.07 Å². The first-order valence-corrected chi connectivity index (χ1v) is 7.88. The first kappa shape index (κ1) is 18.6. The van der Waals surface area contributed by atoms with Gasteiger partial charge in [-0.15, -0.1) is 0 Å². The fraction of sp³-hybridized carbons (Fsp3) is 0.263. The van der Waals surface area contributed by atoms with E-state index in [9.17, 15) is 23.5 Å². The van der Waals surface area contributed by atoms with E-state index in [1.54, 1.807) is 31.2 Å². The molecule has 6 heteroatoms. The zero-order valence-corrected chi connectivity index (χ0v) is 13.7. The van der Waals surface area contributed by atoms with Crippen LogP contribution in [0, 0.1) is 11.6 Å². The van der Waals surface area contributed by atoms with Crippen LogP contribution in [0.1, 0.15) is 30.4 Å². The summed E-state index contributed by atoms with van der Waals surface area (Å²) in [7, 11) is 0. The molecule has 2 N–H and O–H groups in total. The summed E-state index contributed by atoms with van der Waals surface area (Å²) in [5.74, 6) is -3.56. The Morgan fingerprint density at radius 2 is 1.80 bits per heavy atom. The smallest absolute Gasteiger partial charge is 0.326 e. The minimum absolute atomic E-state index is 0.0961. The van der Waals surface area contributed by atoms with Gasteiger partial charge < -0.3 is 10.4 Å². The first-order valence-electron chi connectivity index (χ1n) is 7.88. The van der Waals surface area contributed by atoms with Crippen LogP contribution in [0.3, 0.4) is 0 Å². The van der Waals surface area contributed by atoms with E-state index in [1.165, 1.54) is 6.07 Å². The molecule has 0 aliphatic rings. The number of hydrogen-bond acceptors (Lipinski definition) is 2. The predicted octanol–water partition coefficient (Wildman–Crippen LogP) is 3.27. The van der Waals surface area contributed by atoms with Crippen molar-refractivity contribution in [2.24, 2.45) is 0 Å². The third kappa shape index (κ3) is 5.38. The van der Waals surface area contributed by atoms with Crippen LogP contribution in [0.15, 0.2) is 48.5 Å². The third-order valence-electron chi connectivity index (χ3n) is 3.90. The van der Waals surface area contributed by atoms with Gasteiger partial charge in [0.1, 0.15) is 17.7 Å². The summed E-state index contributed by atoms with van der Waals surface area (Å²) in [6.45, 7) is 1.63. The monoisotopic (exact) mass is 347 g/mol. The lowest BCUT2D eigenvalue weighted by Gasteiger charge is -2.17. The molecule has 132 valence electrons. The van der Waals surface area contributed by atoms with Gasteiger partial charge in [-0.25, -0.2) is 13.6 Å². The van der Waals surface area contributed by atoms with E-state index in [2.05, 4.69) is 5.32 Å². The van der Waals surface area contributed by atoms with Gasteiger partial charge >= 0.3 is 5.97 Å². The number of carbonyl (C=O) groups excluding carboxylic acids is 1. The highest BCUT2D eigenvalue weighted by molar-refractivity contribution is 5.84. The summed E-state index contributed by atoms with van der Waals surface area (Å²) < 4.78 is 26.7. The van der Waals surface area contributed by atoms with Crippen molar-refractivity contribution >= 4 is 11.9 Å². The predicted molar refractivity (Wildman–Crippen MR) is 89.1 cm³/mol. The molecule has 2 aromatic carbocycles. The van der Waals surface area contributed by atoms with Crippen molar-refractivity contribution in [3.05, 3.63) is 71.3 Å². The van der Waals surface area contributed by atoms with Crippen molar-refractivity contribution in [3.63, 3.8) is 0 Å². The van der Waals surface area contributed by atoms with Gasteiger partial charge in [-0.2, -0.15) is 0 Å². The molecular weight excluding hydrogens is 328 g/mol. The van der Waals surface area contributed by atoms with Gasteiger partial charge in [0.15, 0.2) is 0 Å². The van der Waals surface area contributed by atoms with E-state index in [0.717, 1.165) is 17.7 Å². The lowest BCUT2D eigenvalue weighted by Crippen LogP contribution is -2.42. The zero-order valence-electron chi connectivity index (χ0n) is 13.7. The van der Waals surface area contributed by atoms with Gasteiger partial charge in [-0.1, -0.05) is 43.3 Å². The minimum Gasteiger partial charge on any atom is -0.480 e. The number of hydrogen-bond donors (Lipinski definition) is 2. The van der Waals surface area contributed by atoms with Crippen molar-refractivity contribution in [1.29, 1.82) is 0 Å². The van der Waals surface area contributed by atoms with Crippen LogP contribution in [0.4, 0.5) is 8.78 Å². The molecule has 4 nitrogen and oxygen atoms in total. The average molecular weight is 347 g/mol. The largest absolute Gasteiger partial charge is 0.480 e. The molecule has 25 heavy (non-hydrogen) atoms. The molecule has 1 unspecified atom stereocenters. The van der Waals surface area contributed by atoms with Crippen LogP contribution in [-0.2, 0) is 16.0 Å². The minimum atomic E-state index is -1.14. The Bertz CT molecular complexity index is 750. The van der Waals surface area contributed by atoms with E-state index in [4.69, 9.17) is 0 Å². The highest BCUT2D eigenvalue weighted by Crippen LogP contribution is 2.22. The van der Waals surface area contributed by atoms with Crippen molar-refractivity contribution in [1.82, 2.24) is 5.32 Å². The maximum Gasteiger partial charge on any atom is 0.326 e. The molecule has 0 saturated heterocycles. The lowest BCUT2D eigenvalue weighted by atomic mass is 9.96. The van der Waals surface area contributed by atoms with Crippen molar-refractivity contribution < 1.29 is 23.5 Å². The molecular formula is C19H19F2NO3. The molecule has 0 aliphatic heterocycles. The van der Waals surface area contributed by atoms with Gasteiger partial charge in [0.25, 0.3) is 0 Å². The molecule has 0 aliphatic carbocycles. The van der Waals surface area contributed by atoms with Crippen LogP contribution < -0.4 is 5.32 Å². The number of aliphatic carboxylic acids is 1. The molecule has 0 bridgehead atoms. The molecule has 0 saturated carbocycles. The number of carbonyl (C=O) groups is 2. The number of amides is 1. The molecule has 2 aromatic rings. The normalized spacial score (nSPS) is 13.1. The van der Waals surface area contributed by atoms with Crippen LogP contribution in [0.5, 0.6) is 0 Å². The first-order chi connectivity index (χ1) is 11.9. The summed E-state index contributed by atoms with van der Waals surface area (Å²) in [6, 6.07) is 11.1. The van der Waals surface area contributed by atoms with Crippen LogP contribution in [0.2, 0.25) is 0 Å². The van der Waals surface area contributed by atoms with Gasteiger partial charge in [0.05, 0.1) is 0 Å². The number of nitrogens with one attached hydrogen (secondary N) is 1. The maximum absolute atomic E-state index is 13.8. The van der Waals surface area contributed by atoms with E-state index < -0.39 is 35.5 Å². The maximum atomic E-state index is 13.8.